The number of fused-ring (bicyclic) bond motifs is 3. The number of carboxylic acids is 1. The van der Waals surface area contributed by atoms with Crippen LogP contribution in [0.4, 0.5) is 21.0 Å². The summed E-state index contributed by atoms with van der Waals surface area (Å²) >= 11 is 1.42. The Labute approximate surface area is 411 Å². The van der Waals surface area contributed by atoms with Gasteiger partial charge in [-0.05, 0) is 135 Å². The number of imide groups is 1. The lowest BCUT2D eigenvalue weighted by Gasteiger charge is -2.51. The van der Waals surface area contributed by atoms with Crippen molar-refractivity contribution in [1.29, 1.82) is 0 Å². The second-order valence-corrected chi connectivity index (χ2v) is 20.2. The third-order valence-corrected chi connectivity index (χ3v) is 15.7. The normalized spacial score (nSPS) is 18.0. The number of nitrogens with one attached hydrogen (secondary N) is 3. The monoisotopic (exact) mass is 975 g/mol. The fourth-order valence-electron chi connectivity index (χ4n) is 10.9. The van der Waals surface area contributed by atoms with Crippen LogP contribution in [0.5, 0.6) is 5.75 Å². The molecule has 1 unspecified atom stereocenters. The van der Waals surface area contributed by atoms with Crippen LogP contribution >= 0.6 is 11.3 Å². The second-order valence-electron chi connectivity index (χ2n) is 19.2. The van der Waals surface area contributed by atoms with Crippen molar-refractivity contribution in [3.8, 4) is 16.9 Å². The topological polar surface area (TPSA) is 201 Å². The molecule has 2 saturated heterocycles. The van der Waals surface area contributed by atoms with Crippen molar-refractivity contribution in [1.82, 2.24) is 30.0 Å². The van der Waals surface area contributed by atoms with Gasteiger partial charge in [-0.2, -0.15) is 5.10 Å². The Morgan fingerprint density at radius 2 is 1.72 bits per heavy atom. The predicted molar refractivity (Wildman–Crippen MR) is 266 cm³/mol. The molecule has 1 spiro atoms. The van der Waals surface area contributed by atoms with E-state index >= 15 is 4.39 Å². The fraction of sp³-hybridized carbons (Fsp3) is 0.321. The number of pyridine rings is 1. The van der Waals surface area contributed by atoms with E-state index < -0.39 is 23.6 Å². The number of carbonyl (C=O) groups excluding carboxylic acids is 4. The predicted octanol–water partition coefficient (Wildman–Crippen LogP) is 7.99. The highest BCUT2D eigenvalue weighted by Crippen LogP contribution is 2.51. The molecule has 1 aliphatic carbocycles. The Kier molecular flexibility index (Phi) is 11.8. The lowest BCUT2D eigenvalue weighted by Crippen LogP contribution is -2.51. The van der Waals surface area contributed by atoms with Crippen molar-refractivity contribution in [2.24, 2.45) is 12.5 Å². The second kappa shape index (κ2) is 18.3. The van der Waals surface area contributed by atoms with Crippen LogP contribution in [-0.2, 0) is 34.4 Å². The number of aryl methyl sites for hydroxylation is 1. The van der Waals surface area contributed by atoms with Gasteiger partial charge in [-0.3, -0.25) is 39.4 Å². The van der Waals surface area contributed by atoms with Crippen LogP contribution in [0.15, 0.2) is 84.9 Å². The first-order valence-corrected chi connectivity index (χ1v) is 24.7. The van der Waals surface area contributed by atoms with Crippen LogP contribution in [-0.4, -0.2) is 91.6 Å². The van der Waals surface area contributed by atoms with Gasteiger partial charge in [0.25, 0.3) is 5.91 Å². The Balaban J connectivity index is 0.703. The first-order chi connectivity index (χ1) is 34.3. The van der Waals surface area contributed by atoms with E-state index in [9.17, 15) is 29.1 Å². The van der Waals surface area contributed by atoms with Crippen molar-refractivity contribution in [3.63, 3.8) is 0 Å². The van der Waals surface area contributed by atoms with Gasteiger partial charge >= 0.3 is 5.97 Å². The average molecular weight is 976 g/mol. The van der Waals surface area contributed by atoms with E-state index in [1.807, 2.05) is 78.6 Å². The number of ether oxygens (including phenoxy) is 1. The van der Waals surface area contributed by atoms with Crippen molar-refractivity contribution in [3.05, 3.63) is 124 Å². The molecule has 4 N–H and O–H groups in total. The number of aromatic carboxylic acids is 1. The standard InChI is InChI=1S/C53H50FN9O7S/c1-29-32(33-14-17-42(57-47(33)51(68)69)63-22-19-30-7-5-9-34(37(30)27-63)49(66)59-52-56-38-10-3-4-12-41(38)71-52)8-6-11-40(29)70-31-25-53(26-31)20-23-62(24-21-53)28-44(65)55-39-16-13-35-46(60-61(2)48(35)45(39)54)36-15-18-43(64)58-50(36)67/h3-14,16-17,31,36H,15,18-28H2,1-2H3,(H,55,65)(H,68,69)(H,56,59,66)(H,58,64,67). The summed E-state index contributed by atoms with van der Waals surface area (Å²) in [4.78, 5) is 77.4. The molecule has 3 aromatic heterocycles. The van der Waals surface area contributed by atoms with Crippen LogP contribution < -0.4 is 25.6 Å². The number of hydrogen-bond acceptors (Lipinski definition) is 12. The number of carboxylic acid groups (broad SMARTS) is 1. The smallest absolute Gasteiger partial charge is 0.355 e. The maximum absolute atomic E-state index is 15.9. The van der Waals surface area contributed by atoms with E-state index in [1.165, 1.54) is 22.1 Å². The molecule has 1 atom stereocenters. The summed E-state index contributed by atoms with van der Waals surface area (Å²) in [6.07, 6.45) is 4.60. The highest BCUT2D eigenvalue weighted by Gasteiger charge is 2.47. The van der Waals surface area contributed by atoms with Crippen LogP contribution in [0.25, 0.3) is 32.2 Å². The van der Waals surface area contributed by atoms with Gasteiger partial charge in [0, 0.05) is 43.1 Å². The Bertz CT molecular complexity index is 3300. The fourth-order valence-corrected chi connectivity index (χ4v) is 11.8. The molecule has 0 bridgehead atoms. The lowest BCUT2D eigenvalue weighted by molar-refractivity contribution is -0.134. The zero-order valence-electron chi connectivity index (χ0n) is 39.1. The number of carbonyl (C=O) groups is 5. The minimum atomic E-state index is -1.15. The third-order valence-electron chi connectivity index (χ3n) is 14.7. The number of benzene rings is 4. The average Bonchev–Trinajstić information content (AvgIpc) is 3.92. The quantitative estimate of drug-likeness (QED) is 0.0913. The molecule has 6 heterocycles. The minimum absolute atomic E-state index is 0.0196. The number of piperidine rings is 2. The molecule has 4 amide bonds. The van der Waals surface area contributed by atoms with Gasteiger partial charge in [0.1, 0.15) is 17.1 Å². The molecule has 7 aromatic rings. The summed E-state index contributed by atoms with van der Waals surface area (Å²) < 4.78 is 24.8. The molecule has 3 aliphatic heterocycles. The molecule has 11 rings (SSSR count). The molecule has 1 saturated carbocycles. The summed E-state index contributed by atoms with van der Waals surface area (Å²) in [7, 11) is 1.59. The summed E-state index contributed by atoms with van der Waals surface area (Å²) in [5.41, 5.74) is 5.93. The molecule has 4 aliphatic rings. The van der Waals surface area contributed by atoms with Gasteiger partial charge in [-0.1, -0.05) is 47.7 Å². The van der Waals surface area contributed by atoms with E-state index in [0.717, 1.165) is 58.2 Å². The molecule has 4 aromatic carbocycles. The number of halogens is 1. The first kappa shape index (κ1) is 45.8. The minimum Gasteiger partial charge on any atom is -0.490 e. The van der Waals surface area contributed by atoms with Gasteiger partial charge in [0.05, 0.1) is 40.2 Å². The lowest BCUT2D eigenvalue weighted by atomic mass is 9.61. The Hall–Kier alpha value is -7.57. The molecule has 71 heavy (non-hydrogen) atoms. The highest BCUT2D eigenvalue weighted by molar-refractivity contribution is 7.22. The number of para-hydroxylation sites is 1. The Morgan fingerprint density at radius 1 is 0.915 bits per heavy atom. The number of hydrogen-bond donors (Lipinski definition) is 4. The largest absolute Gasteiger partial charge is 0.490 e. The van der Waals surface area contributed by atoms with Gasteiger partial charge in [0.2, 0.25) is 17.7 Å². The van der Waals surface area contributed by atoms with Crippen molar-refractivity contribution < 1.29 is 38.2 Å². The van der Waals surface area contributed by atoms with Crippen LogP contribution in [0, 0.1) is 18.2 Å². The van der Waals surface area contributed by atoms with Crippen molar-refractivity contribution in [2.45, 2.75) is 70.4 Å². The molecule has 16 nitrogen and oxygen atoms in total. The number of likely N-dealkylation sites (tertiary alicyclic amines) is 1. The van der Waals surface area contributed by atoms with Crippen molar-refractivity contribution >= 4 is 78.7 Å². The Morgan fingerprint density at radius 3 is 2.51 bits per heavy atom. The van der Waals surface area contributed by atoms with Crippen LogP contribution in [0.2, 0.25) is 0 Å². The zero-order chi connectivity index (χ0) is 49.1. The first-order valence-electron chi connectivity index (χ1n) is 23.8. The number of rotatable bonds is 11. The van der Waals surface area contributed by atoms with Crippen LogP contribution in [0.1, 0.15) is 87.7 Å². The molecular formula is C53H50FN9O7S. The van der Waals surface area contributed by atoms with E-state index in [-0.39, 0.29) is 59.1 Å². The van der Waals surface area contributed by atoms with Gasteiger partial charge < -0.3 is 20.1 Å². The summed E-state index contributed by atoms with van der Waals surface area (Å²) in [5, 5.41) is 24.0. The third kappa shape index (κ3) is 8.75. The highest BCUT2D eigenvalue weighted by atomic mass is 32.1. The van der Waals surface area contributed by atoms with Crippen LogP contribution in [0.3, 0.4) is 0 Å². The molecular weight excluding hydrogens is 926 g/mol. The molecule has 3 fully saturated rings. The van der Waals surface area contributed by atoms with Gasteiger partial charge in [-0.15, -0.1) is 0 Å². The maximum atomic E-state index is 15.9. The van der Waals surface area contributed by atoms with E-state index in [2.05, 4.69) is 30.9 Å². The summed E-state index contributed by atoms with van der Waals surface area (Å²) in [6.45, 7) is 4.44. The number of nitrogens with zero attached hydrogens (tertiary/aromatic N) is 6. The number of thiazole rings is 1. The molecule has 362 valence electrons. The number of aromatic nitrogens is 4. The number of amides is 4. The van der Waals surface area contributed by atoms with Gasteiger partial charge in [0.15, 0.2) is 16.6 Å². The van der Waals surface area contributed by atoms with E-state index in [0.29, 0.717) is 77.9 Å². The number of anilines is 3. The summed E-state index contributed by atoms with van der Waals surface area (Å²) in [6, 6.07) is 25.9. The van der Waals surface area contributed by atoms with Gasteiger partial charge in [-0.25, -0.2) is 19.2 Å². The van der Waals surface area contributed by atoms with Crippen molar-refractivity contribution in [2.75, 3.05) is 41.7 Å². The maximum Gasteiger partial charge on any atom is 0.355 e. The van der Waals surface area contributed by atoms with E-state index in [1.54, 1.807) is 19.2 Å². The zero-order valence-corrected chi connectivity index (χ0v) is 39.9. The molecule has 18 heteroatoms. The SMILES string of the molecule is Cc1c(OC2CC3(CCN(CC(=O)Nc4ccc5c(C6CCC(=O)NC6=O)nn(C)c5c4F)CC3)C2)cccc1-c1ccc(N2CCc3cccc(C(=O)Nc4nc5ccccc5s4)c3C2)nc1C(=O)O. The van der Waals surface area contributed by atoms with E-state index in [4.69, 9.17) is 9.72 Å². The molecule has 0 radical (unpaired) electrons. The summed E-state index contributed by atoms with van der Waals surface area (Å²) in [5.74, 6) is -2.64.